The second-order valence-corrected chi connectivity index (χ2v) is 4.82. The van der Waals surface area contributed by atoms with Crippen LogP contribution >= 0.6 is 0 Å². The number of hydrogen-bond donors (Lipinski definition) is 1. The minimum Gasteiger partial charge on any atom is -0.381 e. The van der Waals surface area contributed by atoms with E-state index >= 15 is 0 Å². The molecule has 0 atom stereocenters. The van der Waals surface area contributed by atoms with E-state index in [0.29, 0.717) is 12.2 Å². The summed E-state index contributed by atoms with van der Waals surface area (Å²) in [5.74, 6) is -0.242. The zero-order valence-electron chi connectivity index (χ0n) is 12.0. The lowest BCUT2D eigenvalue weighted by atomic mass is 10.2. The molecule has 0 aliphatic heterocycles. The molecule has 110 valence electrons. The van der Waals surface area contributed by atoms with Gasteiger partial charge in [0.15, 0.2) is 0 Å². The lowest BCUT2D eigenvalue weighted by Gasteiger charge is -2.09. The van der Waals surface area contributed by atoms with E-state index in [1.807, 2.05) is 48.8 Å². The van der Waals surface area contributed by atoms with E-state index in [1.165, 1.54) is 6.07 Å². The van der Waals surface area contributed by atoms with E-state index in [1.54, 1.807) is 29.1 Å². The van der Waals surface area contributed by atoms with E-state index < -0.39 is 0 Å². The van der Waals surface area contributed by atoms with Gasteiger partial charge in [0.2, 0.25) is 0 Å². The number of anilines is 1. The van der Waals surface area contributed by atoms with Gasteiger partial charge in [0.05, 0.1) is 5.69 Å². The fourth-order valence-corrected chi connectivity index (χ4v) is 2.16. The van der Waals surface area contributed by atoms with E-state index in [9.17, 15) is 4.39 Å². The molecule has 0 fully saturated rings. The number of benzene rings is 1. The van der Waals surface area contributed by atoms with Crippen LogP contribution in [0.4, 0.5) is 10.1 Å². The summed E-state index contributed by atoms with van der Waals surface area (Å²) in [5, 5.41) is 3.26. The number of rotatable bonds is 5. The largest absolute Gasteiger partial charge is 0.381 e. The predicted octanol–water partition coefficient (Wildman–Crippen LogP) is 4.14. The molecule has 0 radical (unpaired) electrons. The first-order valence-corrected chi connectivity index (χ1v) is 7.06. The van der Waals surface area contributed by atoms with Gasteiger partial charge in [-0.1, -0.05) is 12.2 Å². The number of nitrogens with one attached hydrogen (secondary N) is 1. The van der Waals surface area contributed by atoms with Gasteiger partial charge < -0.3 is 9.88 Å². The third-order valence-electron chi connectivity index (χ3n) is 3.27. The number of pyridine rings is 1. The van der Waals surface area contributed by atoms with Crippen molar-refractivity contribution in [3.8, 4) is 5.69 Å². The molecular weight excluding hydrogens is 277 g/mol. The zero-order chi connectivity index (χ0) is 15.2. The Kier molecular flexibility index (Phi) is 4.30. The fraction of sp³-hybridized carbons (Fsp3) is 0.0556. The summed E-state index contributed by atoms with van der Waals surface area (Å²) in [6, 6.07) is 12.6. The molecule has 22 heavy (non-hydrogen) atoms. The van der Waals surface area contributed by atoms with Crippen LogP contribution in [0.3, 0.4) is 0 Å². The molecule has 3 aromatic rings. The Morgan fingerprint density at radius 2 is 1.86 bits per heavy atom. The first-order valence-electron chi connectivity index (χ1n) is 7.06. The van der Waals surface area contributed by atoms with Gasteiger partial charge in [0, 0.05) is 37.0 Å². The van der Waals surface area contributed by atoms with Crippen molar-refractivity contribution in [2.45, 2.75) is 0 Å². The first-order chi connectivity index (χ1) is 10.8. The summed E-state index contributed by atoms with van der Waals surface area (Å²) >= 11 is 0. The molecule has 0 saturated carbocycles. The van der Waals surface area contributed by atoms with Crippen LogP contribution in [0, 0.1) is 5.82 Å². The van der Waals surface area contributed by atoms with Crippen LogP contribution in [0.5, 0.6) is 0 Å². The molecule has 0 aliphatic rings. The molecule has 0 aliphatic carbocycles. The molecule has 0 saturated heterocycles. The third kappa shape index (κ3) is 3.41. The summed E-state index contributed by atoms with van der Waals surface area (Å²) in [5.41, 5.74) is 2.52. The summed E-state index contributed by atoms with van der Waals surface area (Å²) in [7, 11) is 0. The van der Waals surface area contributed by atoms with Crippen LogP contribution in [0.15, 0.2) is 73.3 Å². The molecule has 0 amide bonds. The van der Waals surface area contributed by atoms with Crippen molar-refractivity contribution < 1.29 is 4.39 Å². The van der Waals surface area contributed by atoms with Crippen LogP contribution < -0.4 is 5.32 Å². The van der Waals surface area contributed by atoms with Gasteiger partial charge >= 0.3 is 0 Å². The Balaban J connectivity index is 1.66. The van der Waals surface area contributed by atoms with E-state index in [0.717, 1.165) is 11.3 Å². The van der Waals surface area contributed by atoms with Crippen molar-refractivity contribution in [2.75, 3.05) is 11.9 Å². The SMILES string of the molecule is Fc1ccc(NC/C=C/c2ccncc2)cc1-n1cccc1. The second-order valence-electron chi connectivity index (χ2n) is 4.82. The minimum atomic E-state index is -0.242. The highest BCUT2D eigenvalue weighted by molar-refractivity contribution is 5.54. The van der Waals surface area contributed by atoms with Gasteiger partial charge in [-0.05, 0) is 48.0 Å². The molecule has 3 rings (SSSR count). The Morgan fingerprint density at radius 1 is 1.09 bits per heavy atom. The Labute approximate surface area is 128 Å². The average Bonchev–Trinajstić information content (AvgIpc) is 3.08. The molecule has 1 N–H and O–H groups in total. The zero-order valence-corrected chi connectivity index (χ0v) is 12.0. The maximum absolute atomic E-state index is 13.9. The van der Waals surface area contributed by atoms with Crippen LogP contribution in [-0.4, -0.2) is 16.1 Å². The lowest BCUT2D eigenvalue weighted by molar-refractivity contribution is 0.618. The number of aromatic nitrogens is 2. The molecular formula is C18H16FN3. The van der Waals surface area contributed by atoms with Gasteiger partial charge in [-0.25, -0.2) is 4.39 Å². The smallest absolute Gasteiger partial charge is 0.147 e. The van der Waals surface area contributed by atoms with Crippen molar-refractivity contribution in [2.24, 2.45) is 0 Å². The molecule has 1 aromatic carbocycles. The van der Waals surface area contributed by atoms with Crippen molar-refractivity contribution in [3.63, 3.8) is 0 Å². The van der Waals surface area contributed by atoms with E-state index in [4.69, 9.17) is 0 Å². The summed E-state index contributed by atoms with van der Waals surface area (Å²) < 4.78 is 15.6. The highest BCUT2D eigenvalue weighted by Crippen LogP contribution is 2.18. The molecule has 3 nitrogen and oxygen atoms in total. The third-order valence-corrected chi connectivity index (χ3v) is 3.27. The van der Waals surface area contributed by atoms with Gasteiger partial charge in [-0.2, -0.15) is 0 Å². The normalized spacial score (nSPS) is 11.0. The molecule has 2 aromatic heterocycles. The summed E-state index contributed by atoms with van der Waals surface area (Å²) in [6.07, 6.45) is 11.2. The summed E-state index contributed by atoms with van der Waals surface area (Å²) in [4.78, 5) is 3.98. The van der Waals surface area contributed by atoms with E-state index in [-0.39, 0.29) is 5.82 Å². The second kappa shape index (κ2) is 6.72. The van der Waals surface area contributed by atoms with Crippen molar-refractivity contribution >= 4 is 11.8 Å². The maximum atomic E-state index is 13.9. The Bertz CT molecular complexity index is 749. The van der Waals surface area contributed by atoms with E-state index in [2.05, 4.69) is 10.3 Å². The molecule has 4 heteroatoms. The van der Waals surface area contributed by atoms with Crippen LogP contribution in [-0.2, 0) is 0 Å². The average molecular weight is 293 g/mol. The number of nitrogens with zero attached hydrogens (tertiary/aromatic N) is 2. The van der Waals surface area contributed by atoms with Gasteiger partial charge in [-0.3, -0.25) is 4.98 Å². The Hall–Kier alpha value is -2.88. The van der Waals surface area contributed by atoms with Crippen LogP contribution in [0.25, 0.3) is 11.8 Å². The van der Waals surface area contributed by atoms with Crippen molar-refractivity contribution in [3.05, 3.63) is 84.7 Å². The number of halogens is 1. The van der Waals surface area contributed by atoms with Gasteiger partial charge in [0.1, 0.15) is 5.82 Å². The van der Waals surface area contributed by atoms with Gasteiger partial charge in [0.25, 0.3) is 0 Å². The van der Waals surface area contributed by atoms with Crippen molar-refractivity contribution in [1.29, 1.82) is 0 Å². The van der Waals surface area contributed by atoms with Crippen LogP contribution in [0.1, 0.15) is 5.56 Å². The standard InChI is InChI=1S/C18H16FN3/c19-17-6-5-16(14-18(17)22-12-1-2-13-22)21-9-3-4-15-7-10-20-11-8-15/h1-8,10-14,21H,9H2/b4-3+. The molecule has 0 unspecified atom stereocenters. The molecule has 2 heterocycles. The molecule has 0 spiro atoms. The quantitative estimate of drug-likeness (QED) is 0.766. The Morgan fingerprint density at radius 3 is 2.64 bits per heavy atom. The van der Waals surface area contributed by atoms with Gasteiger partial charge in [-0.15, -0.1) is 0 Å². The first kappa shape index (κ1) is 14.1. The topological polar surface area (TPSA) is 29.9 Å². The minimum absolute atomic E-state index is 0.242. The maximum Gasteiger partial charge on any atom is 0.147 e. The fourth-order valence-electron chi connectivity index (χ4n) is 2.16. The highest BCUT2D eigenvalue weighted by atomic mass is 19.1. The monoisotopic (exact) mass is 293 g/mol. The lowest BCUT2D eigenvalue weighted by Crippen LogP contribution is -2.01. The van der Waals surface area contributed by atoms with Crippen LogP contribution in [0.2, 0.25) is 0 Å². The molecule has 0 bridgehead atoms. The van der Waals surface area contributed by atoms with Crippen molar-refractivity contribution in [1.82, 2.24) is 9.55 Å². The number of hydrogen-bond acceptors (Lipinski definition) is 2. The predicted molar refractivity (Wildman–Crippen MR) is 87.5 cm³/mol. The summed E-state index contributed by atoms with van der Waals surface area (Å²) in [6.45, 7) is 0.666. The highest BCUT2D eigenvalue weighted by Gasteiger charge is 2.04.